The summed E-state index contributed by atoms with van der Waals surface area (Å²) in [5, 5.41) is 20.4. The maximum absolute atomic E-state index is 13.1. The van der Waals surface area contributed by atoms with Gasteiger partial charge < -0.3 is 24.6 Å². The first-order chi connectivity index (χ1) is 16.3. The molecule has 1 aliphatic rings. The number of likely N-dealkylation sites (tertiary alicyclic amines) is 1. The van der Waals surface area contributed by atoms with Gasteiger partial charge in [-0.2, -0.15) is 0 Å². The van der Waals surface area contributed by atoms with E-state index in [0.717, 1.165) is 0 Å². The number of halogens is 1. The first-order valence-corrected chi connectivity index (χ1v) is 11.1. The summed E-state index contributed by atoms with van der Waals surface area (Å²) >= 11 is 6.43. The Morgan fingerprint density at radius 2 is 1.71 bits per heavy atom. The molecular formula is C25H26ClNO7. The van der Waals surface area contributed by atoms with E-state index >= 15 is 0 Å². The number of unbranched alkanes of at least 4 members (excludes halogenated alkanes) is 2. The van der Waals surface area contributed by atoms with Crippen LogP contribution >= 0.6 is 11.6 Å². The van der Waals surface area contributed by atoms with Gasteiger partial charge in [-0.05, 0) is 42.7 Å². The Kier molecular flexibility index (Phi) is 8.17. The van der Waals surface area contributed by atoms with E-state index in [1.807, 2.05) is 0 Å². The second kappa shape index (κ2) is 11.1. The Morgan fingerprint density at radius 3 is 2.35 bits per heavy atom. The molecule has 1 fully saturated rings. The lowest BCUT2D eigenvalue weighted by Crippen LogP contribution is -2.30. The summed E-state index contributed by atoms with van der Waals surface area (Å²) in [6.45, 7) is 0.211. The topological polar surface area (TPSA) is 113 Å². The standard InChI is InChI=1S/C25H26ClNO7/c1-33-18-12-11-15(14-19(18)34-2)23(30)21-22(16-8-5-6-9-17(16)26)27(25(32)24(21)31)13-7-3-4-10-20(28)29/h5-6,8-9,11-12,14,22,30H,3-4,7,10,13H2,1-2H3,(H,28,29)/t22-/m1/s1. The van der Waals surface area contributed by atoms with Crippen LogP contribution in [0.2, 0.25) is 5.02 Å². The van der Waals surface area contributed by atoms with Gasteiger partial charge in [0.25, 0.3) is 11.7 Å². The molecule has 2 N–H and O–H groups in total. The zero-order valence-electron chi connectivity index (χ0n) is 18.9. The van der Waals surface area contributed by atoms with Crippen molar-refractivity contribution in [2.45, 2.75) is 31.7 Å². The number of hydrogen-bond donors (Lipinski definition) is 2. The zero-order chi connectivity index (χ0) is 24.8. The number of Topliss-reactive ketones (excluding diaryl/α,β-unsaturated/α-hetero) is 1. The average Bonchev–Trinajstić information content (AvgIpc) is 3.07. The molecule has 1 amide bonds. The lowest BCUT2D eigenvalue weighted by Gasteiger charge is -2.26. The van der Waals surface area contributed by atoms with Crippen LogP contribution in [-0.4, -0.2) is 53.5 Å². The van der Waals surface area contributed by atoms with Crippen molar-refractivity contribution in [3.8, 4) is 11.5 Å². The van der Waals surface area contributed by atoms with Gasteiger partial charge in [0.15, 0.2) is 11.5 Å². The van der Waals surface area contributed by atoms with Crippen LogP contribution in [0.5, 0.6) is 11.5 Å². The van der Waals surface area contributed by atoms with Crippen molar-refractivity contribution in [2.24, 2.45) is 0 Å². The van der Waals surface area contributed by atoms with E-state index in [4.69, 9.17) is 26.2 Å². The van der Waals surface area contributed by atoms with E-state index in [1.165, 1.54) is 25.2 Å². The molecule has 0 saturated carbocycles. The minimum Gasteiger partial charge on any atom is -0.507 e. The van der Waals surface area contributed by atoms with Crippen LogP contribution in [0.15, 0.2) is 48.0 Å². The number of amides is 1. The molecule has 2 aromatic rings. The molecule has 0 unspecified atom stereocenters. The van der Waals surface area contributed by atoms with E-state index in [2.05, 4.69) is 0 Å². The third-order valence-electron chi connectivity index (χ3n) is 5.69. The molecule has 1 saturated heterocycles. The van der Waals surface area contributed by atoms with Gasteiger partial charge in [-0.25, -0.2) is 0 Å². The van der Waals surface area contributed by atoms with E-state index in [1.54, 1.807) is 36.4 Å². The van der Waals surface area contributed by atoms with E-state index < -0.39 is 23.7 Å². The number of benzene rings is 2. The summed E-state index contributed by atoms with van der Waals surface area (Å²) in [5.74, 6) is -1.99. The fraction of sp³-hybridized carbons (Fsp3) is 0.320. The summed E-state index contributed by atoms with van der Waals surface area (Å²) in [6.07, 6.45) is 1.56. The largest absolute Gasteiger partial charge is 0.507 e. The number of ketones is 1. The zero-order valence-corrected chi connectivity index (χ0v) is 19.7. The quantitative estimate of drug-likeness (QED) is 0.220. The number of aliphatic hydroxyl groups is 1. The van der Waals surface area contributed by atoms with Crippen LogP contribution in [0.25, 0.3) is 5.76 Å². The molecule has 34 heavy (non-hydrogen) atoms. The Morgan fingerprint density at radius 1 is 1.00 bits per heavy atom. The molecule has 9 heteroatoms. The van der Waals surface area contributed by atoms with Crippen LogP contribution in [0.3, 0.4) is 0 Å². The highest BCUT2D eigenvalue weighted by atomic mass is 35.5. The fourth-order valence-corrected chi connectivity index (χ4v) is 4.24. The van der Waals surface area contributed by atoms with E-state index in [0.29, 0.717) is 41.3 Å². The van der Waals surface area contributed by atoms with Gasteiger partial charge in [-0.3, -0.25) is 14.4 Å². The van der Waals surface area contributed by atoms with E-state index in [-0.39, 0.29) is 29.9 Å². The number of carbonyl (C=O) groups excluding carboxylic acids is 2. The summed E-state index contributed by atoms with van der Waals surface area (Å²) in [7, 11) is 2.94. The first kappa shape index (κ1) is 25.1. The van der Waals surface area contributed by atoms with Crippen molar-refractivity contribution in [1.29, 1.82) is 0 Å². The fourth-order valence-electron chi connectivity index (χ4n) is 4.01. The first-order valence-electron chi connectivity index (χ1n) is 10.8. The maximum atomic E-state index is 13.1. The van der Waals surface area contributed by atoms with Crippen LogP contribution in [0.4, 0.5) is 0 Å². The predicted octanol–water partition coefficient (Wildman–Crippen LogP) is 4.42. The number of rotatable bonds is 10. The number of aliphatic hydroxyl groups excluding tert-OH is 1. The van der Waals surface area contributed by atoms with Crippen LogP contribution in [0, 0.1) is 0 Å². The number of nitrogens with zero attached hydrogens (tertiary/aromatic N) is 1. The molecule has 0 aliphatic carbocycles. The third-order valence-corrected chi connectivity index (χ3v) is 6.03. The Hall–Kier alpha value is -3.52. The number of carbonyl (C=O) groups is 3. The van der Waals surface area contributed by atoms with Crippen LogP contribution < -0.4 is 9.47 Å². The number of hydrogen-bond acceptors (Lipinski definition) is 6. The van der Waals surface area contributed by atoms with Gasteiger partial charge in [-0.1, -0.05) is 36.2 Å². The predicted molar refractivity (Wildman–Crippen MR) is 126 cm³/mol. The van der Waals surface area contributed by atoms with Gasteiger partial charge in [0, 0.05) is 23.6 Å². The molecule has 0 aromatic heterocycles. The minimum atomic E-state index is -0.888. The summed E-state index contributed by atoms with van der Waals surface area (Å²) in [5.41, 5.74) is 0.723. The van der Waals surface area contributed by atoms with Gasteiger partial charge in [0.1, 0.15) is 5.76 Å². The van der Waals surface area contributed by atoms with Crippen molar-refractivity contribution < 1.29 is 34.1 Å². The smallest absolute Gasteiger partial charge is 0.303 e. The normalized spacial score (nSPS) is 17.1. The molecule has 0 spiro atoms. The van der Waals surface area contributed by atoms with E-state index in [9.17, 15) is 19.5 Å². The van der Waals surface area contributed by atoms with Crippen molar-refractivity contribution in [2.75, 3.05) is 20.8 Å². The Balaban J connectivity index is 2.04. The Labute approximate surface area is 202 Å². The average molecular weight is 488 g/mol. The number of carboxylic acid groups (broad SMARTS) is 1. The second-order valence-electron chi connectivity index (χ2n) is 7.79. The molecule has 1 heterocycles. The highest BCUT2D eigenvalue weighted by Gasteiger charge is 2.46. The van der Waals surface area contributed by atoms with Crippen molar-refractivity contribution >= 4 is 35.0 Å². The van der Waals surface area contributed by atoms with Crippen LogP contribution in [-0.2, 0) is 14.4 Å². The van der Waals surface area contributed by atoms with Gasteiger partial charge in [-0.15, -0.1) is 0 Å². The SMILES string of the molecule is COc1ccc(C(O)=C2C(=O)C(=O)N(CCCCCC(=O)O)[C@@H]2c2ccccc2Cl)cc1OC. The second-order valence-corrected chi connectivity index (χ2v) is 8.20. The van der Waals surface area contributed by atoms with Gasteiger partial charge in [0.05, 0.1) is 25.8 Å². The lowest BCUT2D eigenvalue weighted by molar-refractivity contribution is -0.140. The summed E-state index contributed by atoms with van der Waals surface area (Å²) in [6, 6.07) is 10.6. The monoisotopic (exact) mass is 487 g/mol. The van der Waals surface area contributed by atoms with Gasteiger partial charge in [0.2, 0.25) is 0 Å². The molecule has 1 aliphatic heterocycles. The molecule has 3 rings (SSSR count). The molecule has 180 valence electrons. The molecule has 1 atom stereocenters. The maximum Gasteiger partial charge on any atom is 0.303 e. The highest BCUT2D eigenvalue weighted by molar-refractivity contribution is 6.47. The molecule has 2 aromatic carbocycles. The molecule has 0 radical (unpaired) electrons. The molecular weight excluding hydrogens is 462 g/mol. The number of carboxylic acids is 1. The summed E-state index contributed by atoms with van der Waals surface area (Å²) in [4.78, 5) is 38.2. The molecule has 8 nitrogen and oxygen atoms in total. The Bertz CT molecular complexity index is 1130. The van der Waals surface area contributed by atoms with Crippen molar-refractivity contribution in [3.63, 3.8) is 0 Å². The molecule has 0 bridgehead atoms. The lowest BCUT2D eigenvalue weighted by atomic mass is 9.95. The number of aliphatic carboxylic acids is 1. The van der Waals surface area contributed by atoms with Crippen molar-refractivity contribution in [3.05, 3.63) is 64.2 Å². The number of ether oxygens (including phenoxy) is 2. The van der Waals surface area contributed by atoms with Crippen molar-refractivity contribution in [1.82, 2.24) is 4.90 Å². The third kappa shape index (κ3) is 5.17. The highest BCUT2D eigenvalue weighted by Crippen LogP contribution is 2.42. The van der Waals surface area contributed by atoms with Gasteiger partial charge >= 0.3 is 5.97 Å². The number of methoxy groups -OCH3 is 2. The minimum absolute atomic E-state index is 0.0338. The summed E-state index contributed by atoms with van der Waals surface area (Å²) < 4.78 is 10.5. The van der Waals surface area contributed by atoms with Crippen LogP contribution in [0.1, 0.15) is 42.9 Å².